The van der Waals surface area contributed by atoms with Crippen LogP contribution in [-0.2, 0) is 16.0 Å². The van der Waals surface area contributed by atoms with E-state index in [9.17, 15) is 4.79 Å². The molecule has 2 heterocycles. The minimum atomic E-state index is 0.0185. The molecule has 1 saturated heterocycles. The first kappa shape index (κ1) is 10.5. The summed E-state index contributed by atoms with van der Waals surface area (Å²) in [5.41, 5.74) is 1.54. The van der Waals surface area contributed by atoms with Crippen LogP contribution in [0.2, 0.25) is 0 Å². The van der Waals surface area contributed by atoms with Crippen molar-refractivity contribution in [3.63, 3.8) is 0 Å². The highest BCUT2D eigenvalue weighted by molar-refractivity contribution is 5.83. The van der Waals surface area contributed by atoms with Crippen LogP contribution in [0.5, 0.6) is 0 Å². The molecule has 0 amide bonds. The van der Waals surface area contributed by atoms with Crippen LogP contribution in [0.3, 0.4) is 0 Å². The summed E-state index contributed by atoms with van der Waals surface area (Å²) < 4.78 is 10.7. The molecule has 0 aliphatic carbocycles. The van der Waals surface area contributed by atoms with E-state index in [0.29, 0.717) is 19.1 Å². The molecule has 1 aliphatic rings. The molecule has 1 fully saturated rings. The summed E-state index contributed by atoms with van der Waals surface area (Å²) in [5.74, 6) is 0.683. The van der Waals surface area contributed by atoms with Crippen molar-refractivity contribution in [2.24, 2.45) is 5.92 Å². The third-order valence-corrected chi connectivity index (χ3v) is 3.05. The van der Waals surface area contributed by atoms with Crippen molar-refractivity contribution in [3.05, 3.63) is 30.2 Å². The fourth-order valence-corrected chi connectivity index (χ4v) is 2.08. The Balaban J connectivity index is 1.77. The molecule has 0 spiro atoms. The van der Waals surface area contributed by atoms with Gasteiger partial charge in [0.1, 0.15) is 11.3 Å². The summed E-state index contributed by atoms with van der Waals surface area (Å²) in [5, 5.41) is 0. The lowest BCUT2D eigenvalue weighted by Crippen LogP contribution is -2.16. The monoisotopic (exact) mass is 231 g/mol. The van der Waals surface area contributed by atoms with E-state index < -0.39 is 0 Å². The normalized spacial score (nSPS) is 19.9. The van der Waals surface area contributed by atoms with Crippen LogP contribution < -0.4 is 0 Å². The van der Waals surface area contributed by atoms with Gasteiger partial charge in [-0.25, -0.2) is 4.98 Å². The van der Waals surface area contributed by atoms with Crippen LogP contribution >= 0.6 is 0 Å². The first-order valence-corrected chi connectivity index (χ1v) is 5.78. The second-order valence-corrected chi connectivity index (χ2v) is 4.28. The number of aromatic nitrogens is 1. The first-order valence-electron chi connectivity index (χ1n) is 5.78. The zero-order chi connectivity index (χ0) is 11.7. The van der Waals surface area contributed by atoms with Crippen molar-refractivity contribution in [1.29, 1.82) is 0 Å². The Morgan fingerprint density at radius 2 is 2.29 bits per heavy atom. The molecule has 4 nitrogen and oxygen atoms in total. The number of hydrogen-bond donors (Lipinski definition) is 0. The van der Waals surface area contributed by atoms with Crippen LogP contribution in [0.1, 0.15) is 12.3 Å². The fraction of sp³-hybridized carbons (Fsp3) is 0.385. The highest BCUT2D eigenvalue weighted by Gasteiger charge is 2.24. The number of carbonyl (C=O) groups excluding carboxylic acids is 1. The number of para-hydroxylation sites is 2. The fourth-order valence-electron chi connectivity index (χ4n) is 2.08. The highest BCUT2D eigenvalue weighted by Crippen LogP contribution is 2.19. The van der Waals surface area contributed by atoms with Gasteiger partial charge in [0.15, 0.2) is 5.58 Å². The number of ketones is 1. The maximum absolute atomic E-state index is 11.9. The minimum Gasteiger partial charge on any atom is -0.440 e. The molecule has 0 radical (unpaired) electrons. The highest BCUT2D eigenvalue weighted by atomic mass is 16.5. The molecular weight excluding hydrogens is 218 g/mol. The van der Waals surface area contributed by atoms with Crippen LogP contribution in [0.25, 0.3) is 11.1 Å². The van der Waals surface area contributed by atoms with E-state index in [1.807, 2.05) is 24.3 Å². The van der Waals surface area contributed by atoms with Crippen LogP contribution in [0, 0.1) is 5.92 Å². The van der Waals surface area contributed by atoms with Gasteiger partial charge in [-0.15, -0.1) is 0 Å². The third-order valence-electron chi connectivity index (χ3n) is 3.05. The van der Waals surface area contributed by atoms with Crippen molar-refractivity contribution in [2.75, 3.05) is 13.2 Å². The Kier molecular flexibility index (Phi) is 2.65. The lowest BCUT2D eigenvalue weighted by Gasteiger charge is -2.02. The predicted molar refractivity (Wildman–Crippen MR) is 61.6 cm³/mol. The second kappa shape index (κ2) is 4.30. The van der Waals surface area contributed by atoms with E-state index in [2.05, 4.69) is 4.98 Å². The van der Waals surface area contributed by atoms with E-state index in [4.69, 9.17) is 9.15 Å². The first-order chi connectivity index (χ1) is 8.33. The molecule has 1 unspecified atom stereocenters. The molecule has 1 atom stereocenters. The number of carbonyl (C=O) groups is 1. The number of ether oxygens (including phenoxy) is 1. The lowest BCUT2D eigenvalue weighted by molar-refractivity contribution is -0.122. The quantitative estimate of drug-likeness (QED) is 0.810. The van der Waals surface area contributed by atoms with Crippen molar-refractivity contribution < 1.29 is 13.9 Å². The number of oxazole rings is 1. The zero-order valence-electron chi connectivity index (χ0n) is 9.39. The van der Waals surface area contributed by atoms with E-state index in [1.165, 1.54) is 0 Å². The van der Waals surface area contributed by atoms with Gasteiger partial charge in [-0.1, -0.05) is 12.1 Å². The molecular formula is C13H13NO3. The largest absolute Gasteiger partial charge is 0.440 e. The Morgan fingerprint density at radius 1 is 1.41 bits per heavy atom. The molecule has 1 aromatic carbocycles. The van der Waals surface area contributed by atoms with Crippen molar-refractivity contribution in [2.45, 2.75) is 12.8 Å². The number of hydrogen-bond acceptors (Lipinski definition) is 4. The van der Waals surface area contributed by atoms with Gasteiger partial charge in [0.2, 0.25) is 5.89 Å². The summed E-state index contributed by atoms with van der Waals surface area (Å²) in [6.45, 7) is 1.23. The van der Waals surface area contributed by atoms with E-state index in [0.717, 1.165) is 17.5 Å². The average molecular weight is 231 g/mol. The molecule has 4 heteroatoms. The maximum Gasteiger partial charge on any atom is 0.202 e. The number of nitrogens with zero attached hydrogens (tertiary/aromatic N) is 1. The van der Waals surface area contributed by atoms with Gasteiger partial charge >= 0.3 is 0 Å². The lowest BCUT2D eigenvalue weighted by atomic mass is 10.0. The number of benzene rings is 1. The third kappa shape index (κ3) is 2.08. The molecule has 0 bridgehead atoms. The molecule has 3 rings (SSSR count). The average Bonchev–Trinajstić information content (AvgIpc) is 2.97. The Morgan fingerprint density at radius 3 is 3.06 bits per heavy atom. The number of Topliss-reactive ketones (excluding diaryl/α,β-unsaturated/α-hetero) is 1. The SMILES string of the molecule is O=C(Cc1nc2ccccc2o1)C1CCOC1. The van der Waals surface area contributed by atoms with Gasteiger partial charge in [-0.3, -0.25) is 4.79 Å². The number of rotatable bonds is 3. The Labute approximate surface area is 98.6 Å². The molecule has 17 heavy (non-hydrogen) atoms. The maximum atomic E-state index is 11.9. The van der Waals surface area contributed by atoms with Crippen molar-refractivity contribution in [1.82, 2.24) is 4.98 Å². The van der Waals surface area contributed by atoms with Crippen molar-refractivity contribution >= 4 is 16.9 Å². The molecule has 2 aromatic rings. The Bertz CT molecular complexity index is 507. The van der Waals surface area contributed by atoms with Gasteiger partial charge in [-0.2, -0.15) is 0 Å². The standard InChI is InChI=1S/C13H13NO3/c15-11(9-5-6-16-8-9)7-13-14-10-3-1-2-4-12(10)17-13/h1-4,9H,5-8H2. The topological polar surface area (TPSA) is 52.3 Å². The van der Waals surface area contributed by atoms with Gasteiger partial charge in [-0.05, 0) is 18.6 Å². The van der Waals surface area contributed by atoms with Crippen LogP contribution in [0.4, 0.5) is 0 Å². The summed E-state index contributed by atoms with van der Waals surface area (Å²) in [7, 11) is 0. The van der Waals surface area contributed by atoms with Crippen LogP contribution in [0.15, 0.2) is 28.7 Å². The van der Waals surface area contributed by atoms with Gasteiger partial charge in [0, 0.05) is 12.5 Å². The number of fused-ring (bicyclic) bond motifs is 1. The summed E-state index contributed by atoms with van der Waals surface area (Å²) >= 11 is 0. The smallest absolute Gasteiger partial charge is 0.202 e. The minimum absolute atomic E-state index is 0.0185. The van der Waals surface area contributed by atoms with Gasteiger partial charge in [0.05, 0.1) is 13.0 Å². The molecule has 88 valence electrons. The molecule has 0 N–H and O–H groups in total. The van der Waals surface area contributed by atoms with Crippen LogP contribution in [-0.4, -0.2) is 24.0 Å². The second-order valence-electron chi connectivity index (χ2n) is 4.28. The van der Waals surface area contributed by atoms with Gasteiger partial charge < -0.3 is 9.15 Å². The zero-order valence-corrected chi connectivity index (χ0v) is 9.39. The summed E-state index contributed by atoms with van der Waals surface area (Å²) in [4.78, 5) is 16.2. The molecule has 0 saturated carbocycles. The Hall–Kier alpha value is -1.68. The van der Waals surface area contributed by atoms with E-state index in [1.54, 1.807) is 0 Å². The van der Waals surface area contributed by atoms with E-state index >= 15 is 0 Å². The predicted octanol–water partition coefficient (Wildman–Crippen LogP) is 1.98. The van der Waals surface area contributed by atoms with Crippen molar-refractivity contribution in [3.8, 4) is 0 Å². The van der Waals surface area contributed by atoms with Gasteiger partial charge in [0.25, 0.3) is 0 Å². The summed E-state index contributed by atoms with van der Waals surface area (Å²) in [6, 6.07) is 7.53. The molecule has 1 aliphatic heterocycles. The van der Waals surface area contributed by atoms with E-state index in [-0.39, 0.29) is 18.1 Å². The molecule has 1 aromatic heterocycles. The summed E-state index contributed by atoms with van der Waals surface area (Å²) in [6.07, 6.45) is 1.09.